The Morgan fingerprint density at radius 1 is 1.32 bits per heavy atom. The van der Waals surface area contributed by atoms with Gasteiger partial charge in [-0.05, 0) is 43.4 Å². The normalized spacial score (nSPS) is 22.9. The molecule has 0 unspecified atom stereocenters. The average molecular weight is 365 g/mol. The van der Waals surface area contributed by atoms with Crippen LogP contribution in [0.5, 0.6) is 0 Å². The highest BCUT2D eigenvalue weighted by Gasteiger charge is 2.30. The second-order valence-corrected chi connectivity index (χ2v) is 6.41. The number of hydrogen-bond acceptors (Lipinski definition) is 4. The lowest BCUT2D eigenvalue weighted by Crippen LogP contribution is -2.44. The van der Waals surface area contributed by atoms with Gasteiger partial charge in [-0.2, -0.15) is 5.10 Å². The van der Waals surface area contributed by atoms with E-state index in [4.69, 9.17) is 5.73 Å². The maximum Gasteiger partial charge on any atom is 0.223 e. The molecule has 1 aromatic heterocycles. The SMILES string of the molecule is Cl.N[C@@H]1CC[C@H](C(=O)NCCc2cnn(-c3ccccc3)c2)C[C@H]1O. The van der Waals surface area contributed by atoms with Crippen molar-refractivity contribution in [2.75, 3.05) is 6.54 Å². The fourth-order valence-corrected chi connectivity index (χ4v) is 3.09. The van der Waals surface area contributed by atoms with E-state index >= 15 is 0 Å². The molecule has 0 radical (unpaired) electrons. The van der Waals surface area contributed by atoms with E-state index in [-0.39, 0.29) is 30.3 Å². The fraction of sp³-hybridized carbons (Fsp3) is 0.444. The van der Waals surface area contributed by atoms with Crippen molar-refractivity contribution in [3.63, 3.8) is 0 Å². The Hall–Kier alpha value is -1.89. The van der Waals surface area contributed by atoms with E-state index in [0.29, 0.717) is 19.4 Å². The number of nitrogens with one attached hydrogen (secondary N) is 1. The maximum absolute atomic E-state index is 12.2. The summed E-state index contributed by atoms with van der Waals surface area (Å²) in [7, 11) is 0. The van der Waals surface area contributed by atoms with Gasteiger partial charge in [-0.15, -0.1) is 12.4 Å². The summed E-state index contributed by atoms with van der Waals surface area (Å²) in [5.74, 6) is -0.122. The second kappa shape index (κ2) is 8.99. The van der Waals surface area contributed by atoms with E-state index in [2.05, 4.69) is 10.4 Å². The molecule has 1 amide bonds. The largest absolute Gasteiger partial charge is 0.391 e. The van der Waals surface area contributed by atoms with E-state index in [1.54, 1.807) is 0 Å². The van der Waals surface area contributed by atoms with Gasteiger partial charge in [0, 0.05) is 24.7 Å². The van der Waals surface area contributed by atoms with Crippen molar-refractivity contribution in [3.8, 4) is 5.69 Å². The van der Waals surface area contributed by atoms with Crippen molar-refractivity contribution in [2.24, 2.45) is 11.7 Å². The molecule has 1 saturated carbocycles. The standard InChI is InChI=1S/C18H24N4O2.ClH/c19-16-7-6-14(10-17(16)23)18(24)20-9-8-13-11-21-22(12-13)15-4-2-1-3-5-15;/h1-5,11-12,14,16-17,23H,6-10,19H2,(H,20,24);1H/t14-,16+,17+;/m0./s1. The van der Waals surface area contributed by atoms with Gasteiger partial charge in [0.05, 0.1) is 18.0 Å². The first kappa shape index (κ1) is 19.4. The van der Waals surface area contributed by atoms with Gasteiger partial charge in [0.25, 0.3) is 0 Å². The van der Waals surface area contributed by atoms with Gasteiger partial charge in [-0.3, -0.25) is 4.79 Å². The number of aliphatic hydroxyl groups excluding tert-OH is 1. The van der Waals surface area contributed by atoms with Crippen LogP contribution in [-0.2, 0) is 11.2 Å². The summed E-state index contributed by atoms with van der Waals surface area (Å²) in [5.41, 5.74) is 7.86. The molecule has 25 heavy (non-hydrogen) atoms. The van der Waals surface area contributed by atoms with Crippen LogP contribution < -0.4 is 11.1 Å². The molecule has 136 valence electrons. The average Bonchev–Trinajstić information content (AvgIpc) is 3.07. The van der Waals surface area contributed by atoms with Crippen LogP contribution in [0.3, 0.4) is 0 Å². The van der Waals surface area contributed by atoms with Gasteiger partial charge in [-0.25, -0.2) is 4.68 Å². The van der Waals surface area contributed by atoms with Crippen LogP contribution in [0.1, 0.15) is 24.8 Å². The molecule has 0 aliphatic heterocycles. The monoisotopic (exact) mass is 364 g/mol. The third kappa shape index (κ3) is 5.04. The maximum atomic E-state index is 12.2. The van der Waals surface area contributed by atoms with Crippen molar-refractivity contribution in [2.45, 2.75) is 37.8 Å². The van der Waals surface area contributed by atoms with Gasteiger partial charge in [0.15, 0.2) is 0 Å². The van der Waals surface area contributed by atoms with Crippen LogP contribution in [-0.4, -0.2) is 39.5 Å². The number of carbonyl (C=O) groups excluding carboxylic acids is 1. The summed E-state index contributed by atoms with van der Waals surface area (Å²) in [6.07, 6.45) is 5.86. The minimum Gasteiger partial charge on any atom is -0.391 e. The van der Waals surface area contributed by atoms with Crippen LogP contribution in [0, 0.1) is 5.92 Å². The molecule has 1 aliphatic carbocycles. The Morgan fingerprint density at radius 3 is 2.80 bits per heavy atom. The van der Waals surface area contributed by atoms with Crippen molar-refractivity contribution < 1.29 is 9.90 Å². The van der Waals surface area contributed by atoms with Gasteiger partial charge in [0.2, 0.25) is 5.91 Å². The zero-order valence-corrected chi connectivity index (χ0v) is 14.9. The van der Waals surface area contributed by atoms with Gasteiger partial charge in [0.1, 0.15) is 0 Å². The first-order valence-electron chi connectivity index (χ1n) is 8.44. The number of benzene rings is 1. The number of aliphatic hydroxyl groups is 1. The molecule has 1 aromatic carbocycles. The van der Waals surface area contributed by atoms with Crippen LogP contribution in [0.25, 0.3) is 5.69 Å². The van der Waals surface area contributed by atoms with Gasteiger partial charge in [-0.1, -0.05) is 18.2 Å². The molecule has 3 rings (SSSR count). The topological polar surface area (TPSA) is 93.2 Å². The number of amides is 1. The molecular weight excluding hydrogens is 340 g/mol. The van der Waals surface area contributed by atoms with Crippen molar-refractivity contribution in [1.82, 2.24) is 15.1 Å². The minimum atomic E-state index is -0.571. The Bertz CT molecular complexity index is 677. The lowest BCUT2D eigenvalue weighted by Gasteiger charge is -2.29. The van der Waals surface area contributed by atoms with Crippen molar-refractivity contribution in [3.05, 3.63) is 48.3 Å². The highest BCUT2D eigenvalue weighted by atomic mass is 35.5. The summed E-state index contributed by atoms with van der Waals surface area (Å²) in [5, 5.41) is 17.1. The summed E-state index contributed by atoms with van der Waals surface area (Å²) in [4.78, 5) is 12.2. The minimum absolute atomic E-state index is 0. The molecule has 4 N–H and O–H groups in total. The molecule has 3 atom stereocenters. The quantitative estimate of drug-likeness (QED) is 0.748. The Kier molecular flexibility index (Phi) is 6.99. The third-order valence-electron chi connectivity index (χ3n) is 4.61. The van der Waals surface area contributed by atoms with E-state index in [1.165, 1.54) is 0 Å². The van der Waals surface area contributed by atoms with Crippen LogP contribution in [0.2, 0.25) is 0 Å². The number of rotatable bonds is 5. The molecule has 1 heterocycles. The molecule has 0 spiro atoms. The molecule has 7 heteroatoms. The Morgan fingerprint density at radius 2 is 2.08 bits per heavy atom. The van der Waals surface area contributed by atoms with E-state index in [9.17, 15) is 9.90 Å². The Labute approximate surface area is 153 Å². The van der Waals surface area contributed by atoms with Gasteiger partial charge < -0.3 is 16.2 Å². The van der Waals surface area contributed by atoms with E-state index in [0.717, 1.165) is 24.1 Å². The first-order chi connectivity index (χ1) is 11.6. The summed E-state index contributed by atoms with van der Waals surface area (Å²) in [6, 6.07) is 9.72. The molecule has 1 fully saturated rings. The predicted molar refractivity (Wildman–Crippen MR) is 98.8 cm³/mol. The first-order valence-corrected chi connectivity index (χ1v) is 8.44. The Balaban J connectivity index is 0.00000225. The zero-order chi connectivity index (χ0) is 16.9. The zero-order valence-electron chi connectivity index (χ0n) is 14.0. The highest BCUT2D eigenvalue weighted by molar-refractivity contribution is 5.85. The molecule has 0 saturated heterocycles. The number of carbonyl (C=O) groups is 1. The van der Waals surface area contributed by atoms with Gasteiger partial charge >= 0.3 is 0 Å². The number of hydrogen-bond donors (Lipinski definition) is 3. The number of nitrogens with two attached hydrogens (primary N) is 1. The van der Waals surface area contributed by atoms with Crippen LogP contribution in [0.4, 0.5) is 0 Å². The van der Waals surface area contributed by atoms with E-state index < -0.39 is 6.10 Å². The number of aromatic nitrogens is 2. The van der Waals surface area contributed by atoms with Crippen molar-refractivity contribution >= 4 is 18.3 Å². The third-order valence-corrected chi connectivity index (χ3v) is 4.61. The van der Waals surface area contributed by atoms with Crippen LogP contribution in [0.15, 0.2) is 42.7 Å². The molecule has 0 bridgehead atoms. The lowest BCUT2D eigenvalue weighted by molar-refractivity contribution is -0.127. The molecule has 2 aromatic rings. The number of halogens is 1. The molecular formula is C18H25ClN4O2. The fourth-order valence-electron chi connectivity index (χ4n) is 3.09. The highest BCUT2D eigenvalue weighted by Crippen LogP contribution is 2.23. The summed E-state index contributed by atoms with van der Waals surface area (Å²) < 4.78 is 1.83. The smallest absolute Gasteiger partial charge is 0.223 e. The summed E-state index contributed by atoms with van der Waals surface area (Å²) >= 11 is 0. The van der Waals surface area contributed by atoms with Crippen molar-refractivity contribution in [1.29, 1.82) is 0 Å². The number of nitrogens with zero attached hydrogens (tertiary/aromatic N) is 2. The predicted octanol–water partition coefficient (Wildman–Crippen LogP) is 1.44. The summed E-state index contributed by atoms with van der Waals surface area (Å²) in [6.45, 7) is 0.567. The lowest BCUT2D eigenvalue weighted by atomic mass is 9.84. The van der Waals surface area contributed by atoms with E-state index in [1.807, 2.05) is 47.4 Å². The van der Waals surface area contributed by atoms with Crippen LogP contribution >= 0.6 is 12.4 Å². The second-order valence-electron chi connectivity index (χ2n) is 6.41. The molecule has 1 aliphatic rings. The number of para-hydroxylation sites is 1. The molecule has 6 nitrogen and oxygen atoms in total.